The van der Waals surface area contributed by atoms with Gasteiger partial charge in [0.15, 0.2) is 5.69 Å². The van der Waals surface area contributed by atoms with Crippen molar-refractivity contribution in [1.82, 2.24) is 20.0 Å². The maximum absolute atomic E-state index is 12.5. The second kappa shape index (κ2) is 7.84. The van der Waals surface area contributed by atoms with Gasteiger partial charge in [-0.3, -0.25) is 4.79 Å². The molecule has 2 fully saturated rings. The molecule has 2 saturated heterocycles. The Morgan fingerprint density at radius 1 is 1.17 bits per heavy atom. The summed E-state index contributed by atoms with van der Waals surface area (Å²) in [7, 11) is 0. The molecule has 0 aromatic carbocycles. The fourth-order valence-corrected chi connectivity index (χ4v) is 3.75. The Kier molecular flexibility index (Phi) is 5.56. The number of hydrogen-bond acceptors (Lipinski definition) is 5. The predicted octanol–water partition coefficient (Wildman–Crippen LogP) is 1.03. The summed E-state index contributed by atoms with van der Waals surface area (Å²) in [6, 6.07) is 3.43. The first-order valence-electron chi connectivity index (χ1n) is 8.68. The van der Waals surface area contributed by atoms with Crippen LogP contribution in [-0.4, -0.2) is 70.3 Å². The summed E-state index contributed by atoms with van der Waals surface area (Å²) in [6.07, 6.45) is 6.74. The SMILES string of the molecule is O=C(c1cccnn1)N1C[C@@H](CN2CCCCCC2)[C@@H](CO)C1. The highest BCUT2D eigenvalue weighted by molar-refractivity contribution is 5.92. The molecule has 23 heavy (non-hydrogen) atoms. The number of rotatable bonds is 4. The van der Waals surface area contributed by atoms with E-state index >= 15 is 0 Å². The van der Waals surface area contributed by atoms with Crippen LogP contribution in [0.1, 0.15) is 36.2 Å². The Labute approximate surface area is 137 Å². The Morgan fingerprint density at radius 3 is 2.57 bits per heavy atom. The number of carbonyl (C=O) groups excluding carboxylic acids is 1. The lowest BCUT2D eigenvalue weighted by molar-refractivity contribution is 0.0772. The van der Waals surface area contributed by atoms with Crippen LogP contribution in [0.4, 0.5) is 0 Å². The molecule has 1 amide bonds. The van der Waals surface area contributed by atoms with Gasteiger partial charge >= 0.3 is 0 Å². The minimum Gasteiger partial charge on any atom is -0.396 e. The monoisotopic (exact) mass is 318 g/mol. The highest BCUT2D eigenvalue weighted by Crippen LogP contribution is 2.26. The molecule has 126 valence electrons. The minimum absolute atomic E-state index is 0.0742. The van der Waals surface area contributed by atoms with Crippen molar-refractivity contribution < 1.29 is 9.90 Å². The highest BCUT2D eigenvalue weighted by atomic mass is 16.3. The third kappa shape index (κ3) is 4.06. The van der Waals surface area contributed by atoms with Gasteiger partial charge in [-0.2, -0.15) is 5.10 Å². The third-order valence-electron chi connectivity index (χ3n) is 5.08. The van der Waals surface area contributed by atoms with Crippen LogP contribution in [0.2, 0.25) is 0 Å². The number of hydrogen-bond donors (Lipinski definition) is 1. The summed E-state index contributed by atoms with van der Waals surface area (Å²) in [5.74, 6) is 0.438. The lowest BCUT2D eigenvalue weighted by atomic mass is 9.96. The van der Waals surface area contributed by atoms with Gasteiger partial charge in [-0.15, -0.1) is 5.10 Å². The molecule has 0 saturated carbocycles. The van der Waals surface area contributed by atoms with Crippen LogP contribution in [0.5, 0.6) is 0 Å². The van der Waals surface area contributed by atoms with E-state index in [1.807, 2.05) is 4.90 Å². The Bertz CT molecular complexity index is 503. The standard InChI is InChI=1S/C17H26N4O2/c22-13-15-12-21(17(23)16-6-5-7-18-19-16)11-14(15)10-20-8-3-1-2-4-9-20/h5-7,14-15,22H,1-4,8-13H2/t14-,15-/m1/s1. The molecule has 2 aliphatic rings. The van der Waals surface area contributed by atoms with Crippen molar-refractivity contribution in [1.29, 1.82) is 0 Å². The second-order valence-corrected chi connectivity index (χ2v) is 6.74. The Morgan fingerprint density at radius 2 is 1.91 bits per heavy atom. The van der Waals surface area contributed by atoms with Crippen LogP contribution in [0.25, 0.3) is 0 Å². The predicted molar refractivity (Wildman–Crippen MR) is 86.9 cm³/mol. The summed E-state index contributed by atoms with van der Waals surface area (Å²) in [5, 5.41) is 17.4. The molecule has 3 rings (SSSR count). The van der Waals surface area contributed by atoms with E-state index < -0.39 is 0 Å². The van der Waals surface area contributed by atoms with Gasteiger partial charge in [0.2, 0.25) is 0 Å². The summed E-state index contributed by atoms with van der Waals surface area (Å²) < 4.78 is 0. The van der Waals surface area contributed by atoms with Gasteiger partial charge in [0, 0.05) is 38.4 Å². The van der Waals surface area contributed by atoms with Gasteiger partial charge in [0.05, 0.1) is 0 Å². The number of nitrogens with zero attached hydrogens (tertiary/aromatic N) is 4. The van der Waals surface area contributed by atoms with Gasteiger partial charge in [-0.05, 0) is 44.0 Å². The van der Waals surface area contributed by atoms with Crippen molar-refractivity contribution in [2.24, 2.45) is 11.8 Å². The first-order chi connectivity index (χ1) is 11.3. The minimum atomic E-state index is -0.0742. The molecule has 1 aromatic heterocycles. The molecule has 0 unspecified atom stereocenters. The lowest BCUT2D eigenvalue weighted by Gasteiger charge is -2.26. The van der Waals surface area contributed by atoms with Crippen LogP contribution in [0, 0.1) is 11.8 Å². The number of aliphatic hydroxyl groups is 1. The fourth-order valence-electron chi connectivity index (χ4n) is 3.75. The lowest BCUT2D eigenvalue weighted by Crippen LogP contribution is -2.35. The fraction of sp³-hybridized carbons (Fsp3) is 0.706. The first-order valence-corrected chi connectivity index (χ1v) is 8.68. The Balaban J connectivity index is 1.62. The van der Waals surface area contributed by atoms with E-state index in [0.717, 1.165) is 19.6 Å². The number of aliphatic hydroxyl groups excluding tert-OH is 1. The van der Waals surface area contributed by atoms with Gasteiger partial charge in [0.25, 0.3) is 5.91 Å². The average molecular weight is 318 g/mol. The number of carbonyl (C=O) groups is 1. The molecule has 3 heterocycles. The topological polar surface area (TPSA) is 69.6 Å². The molecular formula is C17H26N4O2. The van der Waals surface area contributed by atoms with E-state index in [0.29, 0.717) is 24.7 Å². The van der Waals surface area contributed by atoms with Crippen molar-refractivity contribution in [2.75, 3.05) is 39.3 Å². The first kappa shape index (κ1) is 16.3. The van der Waals surface area contributed by atoms with Gasteiger partial charge in [-0.1, -0.05) is 12.8 Å². The van der Waals surface area contributed by atoms with Gasteiger partial charge < -0.3 is 14.9 Å². The van der Waals surface area contributed by atoms with Crippen molar-refractivity contribution in [2.45, 2.75) is 25.7 Å². The molecular weight excluding hydrogens is 292 g/mol. The summed E-state index contributed by atoms with van der Waals surface area (Å²) >= 11 is 0. The van der Waals surface area contributed by atoms with Crippen molar-refractivity contribution in [3.63, 3.8) is 0 Å². The molecule has 6 nitrogen and oxygen atoms in total. The third-order valence-corrected chi connectivity index (χ3v) is 5.08. The van der Waals surface area contributed by atoms with Crippen LogP contribution in [0.3, 0.4) is 0 Å². The molecule has 1 N–H and O–H groups in total. The van der Waals surface area contributed by atoms with E-state index in [2.05, 4.69) is 15.1 Å². The maximum Gasteiger partial charge on any atom is 0.274 e. The number of amides is 1. The molecule has 2 atom stereocenters. The van der Waals surface area contributed by atoms with Crippen LogP contribution in [-0.2, 0) is 0 Å². The molecule has 2 aliphatic heterocycles. The zero-order chi connectivity index (χ0) is 16.1. The zero-order valence-electron chi connectivity index (χ0n) is 13.6. The summed E-state index contributed by atoms with van der Waals surface area (Å²) in [6.45, 7) is 4.74. The molecule has 1 aromatic rings. The summed E-state index contributed by atoms with van der Waals surface area (Å²) in [5.41, 5.74) is 0.389. The van der Waals surface area contributed by atoms with E-state index in [4.69, 9.17) is 0 Å². The quantitative estimate of drug-likeness (QED) is 0.898. The second-order valence-electron chi connectivity index (χ2n) is 6.74. The van der Waals surface area contributed by atoms with E-state index in [1.54, 1.807) is 18.3 Å². The zero-order valence-corrected chi connectivity index (χ0v) is 13.6. The smallest absolute Gasteiger partial charge is 0.274 e. The summed E-state index contributed by atoms with van der Waals surface area (Å²) in [4.78, 5) is 16.9. The normalized spacial score (nSPS) is 26.2. The molecule has 0 spiro atoms. The highest BCUT2D eigenvalue weighted by Gasteiger charge is 2.36. The Hall–Kier alpha value is -1.53. The van der Waals surface area contributed by atoms with Crippen molar-refractivity contribution in [3.05, 3.63) is 24.0 Å². The van der Waals surface area contributed by atoms with E-state index in [1.165, 1.54) is 25.7 Å². The van der Waals surface area contributed by atoms with E-state index in [9.17, 15) is 9.90 Å². The van der Waals surface area contributed by atoms with Crippen LogP contribution >= 0.6 is 0 Å². The largest absolute Gasteiger partial charge is 0.396 e. The van der Waals surface area contributed by atoms with E-state index in [-0.39, 0.29) is 18.4 Å². The van der Waals surface area contributed by atoms with Crippen molar-refractivity contribution >= 4 is 5.91 Å². The average Bonchev–Trinajstić information content (AvgIpc) is 2.82. The molecule has 0 aliphatic carbocycles. The van der Waals surface area contributed by atoms with Crippen molar-refractivity contribution in [3.8, 4) is 0 Å². The van der Waals surface area contributed by atoms with Crippen LogP contribution < -0.4 is 0 Å². The number of aromatic nitrogens is 2. The van der Waals surface area contributed by atoms with Crippen LogP contribution in [0.15, 0.2) is 18.3 Å². The maximum atomic E-state index is 12.5. The van der Waals surface area contributed by atoms with Gasteiger partial charge in [-0.25, -0.2) is 0 Å². The molecule has 0 radical (unpaired) electrons. The number of likely N-dealkylation sites (tertiary alicyclic amines) is 2. The molecule has 6 heteroatoms. The van der Waals surface area contributed by atoms with Gasteiger partial charge in [0.1, 0.15) is 0 Å². The molecule has 0 bridgehead atoms.